The molecule has 1 saturated carbocycles. The fraction of sp³-hybridized carbons (Fsp3) is 0.462. The summed E-state index contributed by atoms with van der Waals surface area (Å²) in [5.74, 6) is 0. The number of nitrogen functional groups attached to an aromatic ring is 1. The Kier molecular flexibility index (Phi) is 4.69. The molecular formula is C13H19N3O4S. The van der Waals surface area contributed by atoms with Crippen LogP contribution in [-0.2, 0) is 21.5 Å². The summed E-state index contributed by atoms with van der Waals surface area (Å²) in [4.78, 5) is 11.4. The van der Waals surface area contributed by atoms with Gasteiger partial charge >= 0.3 is 16.3 Å². The lowest BCUT2D eigenvalue weighted by atomic mass is 10.2. The molecule has 1 aliphatic carbocycles. The van der Waals surface area contributed by atoms with E-state index >= 15 is 0 Å². The Labute approximate surface area is 124 Å². The molecule has 0 spiro atoms. The Hall–Kier alpha value is -1.80. The number of carbonyl (C=O) groups is 1. The van der Waals surface area contributed by atoms with Crippen LogP contribution in [0.25, 0.3) is 0 Å². The zero-order valence-corrected chi connectivity index (χ0v) is 12.6. The average Bonchev–Trinajstić information content (AvgIpc) is 3.21. The van der Waals surface area contributed by atoms with Gasteiger partial charge in [-0.2, -0.15) is 12.7 Å². The number of para-hydroxylation sites is 1. The van der Waals surface area contributed by atoms with E-state index in [9.17, 15) is 13.2 Å². The van der Waals surface area contributed by atoms with Gasteiger partial charge in [0.25, 0.3) is 0 Å². The van der Waals surface area contributed by atoms with Crippen molar-refractivity contribution >= 4 is 22.0 Å². The summed E-state index contributed by atoms with van der Waals surface area (Å²) < 4.78 is 32.4. The zero-order valence-electron chi connectivity index (χ0n) is 11.8. The summed E-state index contributed by atoms with van der Waals surface area (Å²) in [7, 11) is -3.94. The largest absolute Gasteiger partial charge is 0.449 e. The predicted molar refractivity (Wildman–Crippen MR) is 78.5 cm³/mol. The molecule has 1 aliphatic rings. The maximum absolute atomic E-state index is 12.3. The molecule has 1 fully saturated rings. The van der Waals surface area contributed by atoms with Gasteiger partial charge in [-0.3, -0.25) is 0 Å². The second-order valence-electron chi connectivity index (χ2n) is 4.80. The molecule has 0 aromatic heterocycles. The zero-order chi connectivity index (χ0) is 15.5. The van der Waals surface area contributed by atoms with E-state index in [0.29, 0.717) is 11.3 Å². The molecule has 0 atom stereocenters. The molecule has 0 unspecified atom stereocenters. The summed E-state index contributed by atoms with van der Waals surface area (Å²) in [6.45, 7) is 1.85. The second-order valence-corrected chi connectivity index (χ2v) is 6.43. The second kappa shape index (κ2) is 6.31. The normalized spacial score (nSPS) is 15.0. The van der Waals surface area contributed by atoms with Crippen molar-refractivity contribution in [1.82, 2.24) is 9.03 Å². The SMILES string of the molecule is CCOC(=O)NS(=O)(=O)N(Cc1ccccc1N)C1CC1. The lowest BCUT2D eigenvalue weighted by molar-refractivity contribution is 0.158. The molecule has 116 valence electrons. The van der Waals surface area contributed by atoms with Crippen molar-refractivity contribution < 1.29 is 17.9 Å². The van der Waals surface area contributed by atoms with Crippen LogP contribution in [0.15, 0.2) is 24.3 Å². The van der Waals surface area contributed by atoms with Gasteiger partial charge in [-0.1, -0.05) is 18.2 Å². The maximum Gasteiger partial charge on any atom is 0.421 e. The molecule has 8 heteroatoms. The Bertz CT molecular complexity index is 614. The van der Waals surface area contributed by atoms with E-state index in [1.807, 2.05) is 4.72 Å². The maximum atomic E-state index is 12.3. The van der Waals surface area contributed by atoms with E-state index in [2.05, 4.69) is 4.74 Å². The first-order valence-electron chi connectivity index (χ1n) is 6.73. The van der Waals surface area contributed by atoms with Crippen LogP contribution < -0.4 is 10.5 Å². The Balaban J connectivity index is 2.15. The van der Waals surface area contributed by atoms with E-state index in [0.717, 1.165) is 12.8 Å². The summed E-state index contributed by atoms with van der Waals surface area (Å²) in [5, 5.41) is 0. The quantitative estimate of drug-likeness (QED) is 0.769. The van der Waals surface area contributed by atoms with E-state index in [-0.39, 0.29) is 19.2 Å². The minimum atomic E-state index is -3.94. The van der Waals surface area contributed by atoms with Crippen LogP contribution >= 0.6 is 0 Å². The number of rotatable bonds is 6. The van der Waals surface area contributed by atoms with Gasteiger partial charge < -0.3 is 10.5 Å². The van der Waals surface area contributed by atoms with Crippen molar-refractivity contribution in [3.05, 3.63) is 29.8 Å². The number of nitrogens with two attached hydrogens (primary N) is 1. The van der Waals surface area contributed by atoms with Crippen LogP contribution in [0.2, 0.25) is 0 Å². The fourth-order valence-corrected chi connectivity index (χ4v) is 3.24. The monoisotopic (exact) mass is 313 g/mol. The third-order valence-corrected chi connectivity index (χ3v) is 4.60. The van der Waals surface area contributed by atoms with Gasteiger partial charge in [0.05, 0.1) is 6.61 Å². The van der Waals surface area contributed by atoms with Gasteiger partial charge in [-0.25, -0.2) is 9.52 Å². The molecule has 1 amide bonds. The minimum Gasteiger partial charge on any atom is -0.449 e. The highest BCUT2D eigenvalue weighted by atomic mass is 32.2. The van der Waals surface area contributed by atoms with Crippen LogP contribution in [0.1, 0.15) is 25.3 Å². The first kappa shape index (κ1) is 15.6. The third-order valence-electron chi connectivity index (χ3n) is 3.13. The molecule has 0 aliphatic heterocycles. The number of hydrogen-bond acceptors (Lipinski definition) is 5. The molecule has 0 heterocycles. The van der Waals surface area contributed by atoms with Gasteiger partial charge in [0.15, 0.2) is 0 Å². The lowest BCUT2D eigenvalue weighted by Crippen LogP contribution is -2.44. The summed E-state index contributed by atoms with van der Waals surface area (Å²) in [6, 6.07) is 6.96. The molecule has 2 rings (SSSR count). The topological polar surface area (TPSA) is 102 Å². The van der Waals surface area contributed by atoms with Crippen molar-refractivity contribution in [3.63, 3.8) is 0 Å². The number of carbonyl (C=O) groups excluding carboxylic acids is 1. The minimum absolute atomic E-state index is 0.100. The number of amides is 1. The summed E-state index contributed by atoms with van der Waals surface area (Å²) in [5.41, 5.74) is 7.08. The fourth-order valence-electron chi connectivity index (χ4n) is 1.94. The molecule has 0 bridgehead atoms. The van der Waals surface area contributed by atoms with Crippen molar-refractivity contribution in [2.24, 2.45) is 0 Å². The van der Waals surface area contributed by atoms with Crippen LogP contribution in [0.5, 0.6) is 0 Å². The predicted octanol–water partition coefficient (Wildman–Crippen LogP) is 1.22. The molecule has 7 nitrogen and oxygen atoms in total. The van der Waals surface area contributed by atoms with E-state index in [4.69, 9.17) is 5.73 Å². The highest BCUT2D eigenvalue weighted by molar-refractivity contribution is 7.87. The van der Waals surface area contributed by atoms with Crippen LogP contribution in [-0.4, -0.2) is 31.5 Å². The van der Waals surface area contributed by atoms with Crippen LogP contribution in [0, 0.1) is 0 Å². The van der Waals surface area contributed by atoms with Gasteiger partial charge in [0, 0.05) is 18.3 Å². The highest BCUT2D eigenvalue weighted by Crippen LogP contribution is 2.31. The Morgan fingerprint density at radius 1 is 1.43 bits per heavy atom. The molecule has 3 N–H and O–H groups in total. The Morgan fingerprint density at radius 3 is 2.67 bits per heavy atom. The molecule has 0 saturated heterocycles. The molecule has 0 radical (unpaired) electrons. The summed E-state index contributed by atoms with van der Waals surface area (Å²) in [6.07, 6.45) is 0.580. The van der Waals surface area contributed by atoms with Gasteiger partial charge in [-0.05, 0) is 31.4 Å². The van der Waals surface area contributed by atoms with Crippen molar-refractivity contribution in [2.45, 2.75) is 32.4 Å². The average molecular weight is 313 g/mol. The van der Waals surface area contributed by atoms with Crippen molar-refractivity contribution in [1.29, 1.82) is 0 Å². The van der Waals surface area contributed by atoms with E-state index in [1.54, 1.807) is 31.2 Å². The molecule has 21 heavy (non-hydrogen) atoms. The van der Waals surface area contributed by atoms with Crippen molar-refractivity contribution in [3.8, 4) is 0 Å². The number of nitrogens with one attached hydrogen (secondary N) is 1. The summed E-state index contributed by atoms with van der Waals surface area (Å²) >= 11 is 0. The number of benzene rings is 1. The first-order chi connectivity index (χ1) is 9.94. The number of nitrogens with zero attached hydrogens (tertiary/aromatic N) is 1. The van der Waals surface area contributed by atoms with Gasteiger partial charge in [0.1, 0.15) is 0 Å². The molecule has 1 aromatic rings. The number of ether oxygens (including phenoxy) is 1. The molecule has 1 aromatic carbocycles. The van der Waals surface area contributed by atoms with E-state index in [1.165, 1.54) is 4.31 Å². The lowest BCUT2D eigenvalue weighted by Gasteiger charge is -2.22. The Morgan fingerprint density at radius 2 is 2.10 bits per heavy atom. The van der Waals surface area contributed by atoms with Gasteiger partial charge in [-0.15, -0.1) is 0 Å². The first-order valence-corrected chi connectivity index (χ1v) is 8.17. The van der Waals surface area contributed by atoms with Crippen LogP contribution in [0.4, 0.5) is 10.5 Å². The highest BCUT2D eigenvalue weighted by Gasteiger charge is 2.38. The third kappa shape index (κ3) is 4.08. The molecular weight excluding hydrogens is 294 g/mol. The van der Waals surface area contributed by atoms with E-state index < -0.39 is 16.3 Å². The van der Waals surface area contributed by atoms with Gasteiger partial charge in [0.2, 0.25) is 0 Å². The standard InChI is InChI=1S/C13H19N3O4S/c1-2-20-13(17)15-21(18,19)16(11-7-8-11)9-10-5-3-4-6-12(10)14/h3-6,11H,2,7-9,14H2,1H3,(H,15,17). The smallest absolute Gasteiger partial charge is 0.421 e. The van der Waals surface area contributed by atoms with Crippen molar-refractivity contribution in [2.75, 3.05) is 12.3 Å². The van der Waals surface area contributed by atoms with Crippen LogP contribution in [0.3, 0.4) is 0 Å². The number of hydrogen-bond donors (Lipinski definition) is 2. The number of anilines is 1.